The molecule has 1 aromatic heterocycles. The first kappa shape index (κ1) is 28.7. The van der Waals surface area contributed by atoms with Crippen molar-refractivity contribution >= 4 is 40.4 Å². The van der Waals surface area contributed by atoms with E-state index in [9.17, 15) is 27.9 Å². The van der Waals surface area contributed by atoms with E-state index >= 15 is 0 Å². The zero-order valence-corrected chi connectivity index (χ0v) is 22.7. The lowest BCUT2D eigenvalue weighted by Crippen LogP contribution is -2.44. The molecule has 11 heteroatoms. The van der Waals surface area contributed by atoms with Crippen LogP contribution in [-0.2, 0) is 28.5 Å². The highest BCUT2D eigenvalue weighted by Gasteiger charge is 2.36. The molecule has 0 spiro atoms. The molecule has 0 unspecified atom stereocenters. The topological polar surface area (TPSA) is 78.9 Å². The van der Waals surface area contributed by atoms with Crippen molar-refractivity contribution in [1.82, 2.24) is 4.90 Å². The Morgan fingerprint density at radius 1 is 1.26 bits per heavy atom. The number of hydrogen-bond acceptors (Lipinski definition) is 5. The summed E-state index contributed by atoms with van der Waals surface area (Å²) < 4.78 is 45.4. The van der Waals surface area contributed by atoms with Crippen LogP contribution in [0.1, 0.15) is 62.1 Å². The number of ether oxygens (including phenoxy) is 1. The van der Waals surface area contributed by atoms with Crippen LogP contribution in [0.15, 0.2) is 22.9 Å². The van der Waals surface area contributed by atoms with Gasteiger partial charge in [0.05, 0.1) is 16.3 Å². The molecule has 6 nitrogen and oxygen atoms in total. The van der Waals surface area contributed by atoms with Crippen molar-refractivity contribution in [2.75, 3.05) is 18.5 Å². The van der Waals surface area contributed by atoms with Crippen molar-refractivity contribution in [2.45, 2.75) is 76.6 Å². The molecule has 2 heterocycles. The average Bonchev–Trinajstić information content (AvgIpc) is 3.23. The van der Waals surface area contributed by atoms with Crippen LogP contribution in [-0.4, -0.2) is 47.1 Å². The lowest BCUT2D eigenvalue weighted by Gasteiger charge is -2.36. The Labute approximate surface area is 229 Å². The first-order chi connectivity index (χ1) is 18.0. The van der Waals surface area contributed by atoms with Gasteiger partial charge in [0.1, 0.15) is 11.9 Å². The van der Waals surface area contributed by atoms with Crippen molar-refractivity contribution < 1.29 is 32.6 Å². The number of ketones is 1. The van der Waals surface area contributed by atoms with E-state index in [1.807, 2.05) is 10.3 Å². The number of hydrogen-bond donors (Lipinski definition) is 2. The van der Waals surface area contributed by atoms with Crippen molar-refractivity contribution in [2.24, 2.45) is 5.92 Å². The summed E-state index contributed by atoms with van der Waals surface area (Å²) in [7, 11) is 0. The predicted molar refractivity (Wildman–Crippen MR) is 141 cm³/mol. The number of phenolic OH excluding ortho intramolecular Hbond substituents is 1. The van der Waals surface area contributed by atoms with Gasteiger partial charge in [-0.3, -0.25) is 4.79 Å². The number of anilines is 1. The zero-order chi connectivity index (χ0) is 27.4. The number of rotatable bonds is 9. The fourth-order valence-corrected chi connectivity index (χ4v) is 6.44. The standard InChI is InChI=1S/C27H32ClF3N2O4S/c1-16(34)24(13-18-11-21(27(29,30)31)25(35)22(28)12-18)37-10-2-3-17-4-6-20(7-5-17)33-9-8-19-14-38-15-23(19)32-26(33)36/h11-12,14-15,17,20,24,35H,2-10,13H2,1H3,(H,32,36)/t17?,20?,24-/m1/s1. The summed E-state index contributed by atoms with van der Waals surface area (Å²) in [5.41, 5.74) is 1.06. The van der Waals surface area contributed by atoms with E-state index in [-0.39, 0.29) is 29.8 Å². The highest BCUT2D eigenvalue weighted by molar-refractivity contribution is 7.08. The Bertz CT molecular complexity index is 1150. The van der Waals surface area contributed by atoms with Gasteiger partial charge in [0.2, 0.25) is 0 Å². The summed E-state index contributed by atoms with van der Waals surface area (Å²) in [5, 5.41) is 16.4. The van der Waals surface area contributed by atoms with Crippen LogP contribution in [0, 0.1) is 5.92 Å². The second kappa shape index (κ2) is 12.3. The highest BCUT2D eigenvalue weighted by Crippen LogP contribution is 2.40. The second-order valence-electron chi connectivity index (χ2n) is 10.1. The number of thiophene rings is 1. The number of nitrogens with zero attached hydrogens (tertiary/aromatic N) is 1. The van der Waals surface area contributed by atoms with E-state index in [1.54, 1.807) is 11.3 Å². The minimum Gasteiger partial charge on any atom is -0.506 e. The van der Waals surface area contributed by atoms with E-state index < -0.39 is 28.6 Å². The van der Waals surface area contributed by atoms with Gasteiger partial charge in [-0.25, -0.2) is 4.79 Å². The van der Waals surface area contributed by atoms with Gasteiger partial charge in [0.25, 0.3) is 0 Å². The maximum atomic E-state index is 13.2. The molecule has 1 atom stereocenters. The quantitative estimate of drug-likeness (QED) is 0.315. The van der Waals surface area contributed by atoms with Gasteiger partial charge in [-0.1, -0.05) is 11.6 Å². The van der Waals surface area contributed by atoms with Crippen LogP contribution in [0.3, 0.4) is 0 Å². The smallest absolute Gasteiger partial charge is 0.420 e. The summed E-state index contributed by atoms with van der Waals surface area (Å²) in [5.74, 6) is -0.800. The minimum atomic E-state index is -4.76. The SMILES string of the molecule is CC(=O)[C@@H](Cc1cc(Cl)c(O)c(C(F)(F)F)c1)OCCCC1CCC(N2CCc3cscc3NC2=O)CC1. The van der Waals surface area contributed by atoms with Crippen molar-refractivity contribution in [1.29, 1.82) is 0 Å². The fourth-order valence-electron chi connectivity index (χ4n) is 5.37. The molecule has 1 aromatic carbocycles. The van der Waals surface area contributed by atoms with E-state index in [2.05, 4.69) is 10.7 Å². The number of carbonyl (C=O) groups is 2. The lowest BCUT2D eigenvalue weighted by atomic mass is 9.83. The Morgan fingerprint density at radius 2 is 2.00 bits per heavy atom. The predicted octanol–water partition coefficient (Wildman–Crippen LogP) is 7.07. The monoisotopic (exact) mass is 572 g/mol. The van der Waals surface area contributed by atoms with Crippen molar-refractivity contribution in [3.63, 3.8) is 0 Å². The van der Waals surface area contributed by atoms with Gasteiger partial charge in [0, 0.05) is 31.0 Å². The maximum absolute atomic E-state index is 13.2. The summed E-state index contributed by atoms with van der Waals surface area (Å²) in [6, 6.07) is 2.25. The third-order valence-electron chi connectivity index (χ3n) is 7.50. The van der Waals surface area contributed by atoms with Crippen LogP contribution >= 0.6 is 22.9 Å². The molecule has 2 N–H and O–H groups in total. The normalized spacial score (nSPS) is 21.0. The Balaban J connectivity index is 1.22. The number of alkyl halides is 3. The minimum absolute atomic E-state index is 0.0217. The molecule has 1 aliphatic heterocycles. The largest absolute Gasteiger partial charge is 0.506 e. The number of urea groups is 1. The molecule has 2 aliphatic rings. The third kappa shape index (κ3) is 7.01. The van der Waals surface area contributed by atoms with Gasteiger partial charge in [0.15, 0.2) is 5.78 Å². The Hall–Kier alpha value is -2.30. The molecule has 208 valence electrons. The number of aromatic hydroxyl groups is 1. The van der Waals surface area contributed by atoms with Gasteiger partial charge in [-0.05, 0) is 86.4 Å². The molecular weight excluding hydrogens is 541 g/mol. The fraction of sp³-hybridized carbons (Fsp3) is 0.556. The number of halogens is 4. The van der Waals surface area contributed by atoms with Crippen LogP contribution in [0.5, 0.6) is 5.75 Å². The first-order valence-electron chi connectivity index (χ1n) is 12.9. The number of nitrogens with one attached hydrogen (secondary N) is 1. The molecule has 0 bridgehead atoms. The van der Waals surface area contributed by atoms with E-state index in [0.717, 1.165) is 63.2 Å². The molecule has 2 aromatic rings. The third-order valence-corrected chi connectivity index (χ3v) is 8.58. The number of Topliss-reactive ketones (excluding diaryl/α,β-unsaturated/α-hetero) is 1. The molecule has 1 fully saturated rings. The van der Waals surface area contributed by atoms with E-state index in [4.69, 9.17) is 16.3 Å². The van der Waals surface area contributed by atoms with Gasteiger partial charge < -0.3 is 20.1 Å². The lowest BCUT2D eigenvalue weighted by molar-refractivity contribution is -0.138. The molecule has 4 rings (SSSR count). The molecular formula is C27H32ClF3N2O4S. The number of amides is 2. The van der Waals surface area contributed by atoms with Crippen LogP contribution in [0.2, 0.25) is 5.02 Å². The summed E-state index contributed by atoms with van der Waals surface area (Å²) in [6.07, 6.45) is 0.716. The molecule has 0 saturated heterocycles. The molecule has 1 saturated carbocycles. The van der Waals surface area contributed by atoms with Gasteiger partial charge >= 0.3 is 12.2 Å². The molecule has 38 heavy (non-hydrogen) atoms. The second-order valence-corrected chi connectivity index (χ2v) is 11.3. The van der Waals surface area contributed by atoms with Crippen LogP contribution in [0.25, 0.3) is 0 Å². The molecule has 0 radical (unpaired) electrons. The van der Waals surface area contributed by atoms with Crippen LogP contribution in [0.4, 0.5) is 23.7 Å². The zero-order valence-electron chi connectivity index (χ0n) is 21.2. The molecule has 1 aliphatic carbocycles. The maximum Gasteiger partial charge on any atom is 0.420 e. The first-order valence-corrected chi connectivity index (χ1v) is 14.2. The summed E-state index contributed by atoms with van der Waals surface area (Å²) in [6.45, 7) is 2.39. The Kier molecular flexibility index (Phi) is 9.26. The van der Waals surface area contributed by atoms with Crippen molar-refractivity contribution in [3.8, 4) is 5.75 Å². The number of fused-ring (bicyclic) bond motifs is 1. The summed E-state index contributed by atoms with van der Waals surface area (Å²) >= 11 is 7.39. The van der Waals surface area contributed by atoms with E-state index in [1.165, 1.54) is 18.6 Å². The van der Waals surface area contributed by atoms with Gasteiger partial charge in [-0.2, -0.15) is 13.2 Å². The Morgan fingerprint density at radius 3 is 2.68 bits per heavy atom. The number of phenols is 1. The average molecular weight is 573 g/mol. The van der Waals surface area contributed by atoms with Gasteiger partial charge in [-0.15, -0.1) is 11.3 Å². The highest BCUT2D eigenvalue weighted by atomic mass is 35.5. The number of benzene rings is 1. The number of carbonyl (C=O) groups excluding carboxylic acids is 2. The molecule has 2 amide bonds. The van der Waals surface area contributed by atoms with E-state index in [0.29, 0.717) is 12.5 Å². The summed E-state index contributed by atoms with van der Waals surface area (Å²) in [4.78, 5) is 26.8. The van der Waals surface area contributed by atoms with Crippen molar-refractivity contribution in [3.05, 3.63) is 44.6 Å². The van der Waals surface area contributed by atoms with Crippen LogP contribution < -0.4 is 5.32 Å².